The molecule has 0 heterocycles. The number of carbonyl (C=O) groups is 1. The molecule has 0 radical (unpaired) electrons. The predicted molar refractivity (Wildman–Crippen MR) is 108 cm³/mol. The molecule has 2 aromatic rings. The van der Waals surface area contributed by atoms with Gasteiger partial charge in [-0.1, -0.05) is 61.3 Å². The van der Waals surface area contributed by atoms with Gasteiger partial charge in [0.15, 0.2) is 0 Å². The second-order valence-electron chi connectivity index (χ2n) is 7.25. The van der Waals surface area contributed by atoms with Crippen LogP contribution >= 0.6 is 23.2 Å². The Morgan fingerprint density at radius 3 is 2.68 bits per heavy atom. The molecule has 0 saturated heterocycles. The van der Waals surface area contributed by atoms with Crippen molar-refractivity contribution in [1.82, 2.24) is 0 Å². The van der Waals surface area contributed by atoms with E-state index in [4.69, 9.17) is 37.9 Å². The molecular formula is C22H19Cl2NO3. The molecule has 144 valence electrons. The molecule has 0 N–H and O–H groups in total. The number of nitriles is 1. The van der Waals surface area contributed by atoms with Crippen LogP contribution in [-0.2, 0) is 16.1 Å². The number of carbonyl (C=O) groups excluding carboxylic acids is 1. The van der Waals surface area contributed by atoms with E-state index in [9.17, 15) is 4.79 Å². The molecule has 0 spiro atoms. The maximum atomic E-state index is 12.4. The third-order valence-corrected chi connectivity index (χ3v) is 5.24. The van der Waals surface area contributed by atoms with Crippen LogP contribution in [0.25, 0.3) is 0 Å². The molecule has 2 atom stereocenters. The zero-order valence-corrected chi connectivity index (χ0v) is 17.0. The highest BCUT2D eigenvalue weighted by molar-refractivity contribution is 6.55. The average Bonchev–Trinajstić information content (AvgIpc) is 3.19. The van der Waals surface area contributed by atoms with Crippen molar-refractivity contribution >= 4 is 29.2 Å². The Labute approximate surface area is 174 Å². The van der Waals surface area contributed by atoms with Crippen LogP contribution < -0.4 is 4.74 Å². The highest BCUT2D eigenvalue weighted by Crippen LogP contribution is 2.60. The number of rotatable bonds is 6. The fourth-order valence-electron chi connectivity index (χ4n) is 3.29. The summed E-state index contributed by atoms with van der Waals surface area (Å²) in [5.41, 5.74) is 1.02. The molecule has 0 aromatic heterocycles. The van der Waals surface area contributed by atoms with Gasteiger partial charge in [0.25, 0.3) is 0 Å². The highest BCUT2D eigenvalue weighted by atomic mass is 35.5. The van der Waals surface area contributed by atoms with Crippen LogP contribution in [0.2, 0.25) is 0 Å². The molecule has 3 rings (SSSR count). The van der Waals surface area contributed by atoms with Crippen LogP contribution in [0.3, 0.4) is 0 Å². The molecule has 0 amide bonds. The summed E-state index contributed by atoms with van der Waals surface area (Å²) >= 11 is 11.5. The van der Waals surface area contributed by atoms with Gasteiger partial charge in [-0.25, -0.2) is 0 Å². The van der Waals surface area contributed by atoms with Gasteiger partial charge in [0, 0.05) is 0 Å². The molecule has 2 unspecified atom stereocenters. The fourth-order valence-corrected chi connectivity index (χ4v) is 3.56. The topological polar surface area (TPSA) is 59.3 Å². The van der Waals surface area contributed by atoms with Crippen molar-refractivity contribution in [3.05, 3.63) is 70.2 Å². The number of halogens is 2. The van der Waals surface area contributed by atoms with Gasteiger partial charge >= 0.3 is 5.97 Å². The van der Waals surface area contributed by atoms with Gasteiger partial charge in [-0.15, -0.1) is 0 Å². The Hall–Kier alpha value is -2.48. The first-order chi connectivity index (χ1) is 13.3. The minimum Gasteiger partial charge on any atom is -0.461 e. The summed E-state index contributed by atoms with van der Waals surface area (Å²) in [6, 6.07) is 16.3. The molecule has 0 bridgehead atoms. The van der Waals surface area contributed by atoms with Crippen LogP contribution in [0.5, 0.6) is 11.5 Å². The zero-order chi connectivity index (χ0) is 20.3. The molecule has 1 saturated carbocycles. The van der Waals surface area contributed by atoms with E-state index >= 15 is 0 Å². The van der Waals surface area contributed by atoms with Crippen LogP contribution in [0.15, 0.2) is 59.1 Å². The van der Waals surface area contributed by atoms with Gasteiger partial charge in [0.2, 0.25) is 0 Å². The Morgan fingerprint density at radius 1 is 1.21 bits per heavy atom. The SMILES string of the molecule is CC1(C)C(C=C(Cl)Cl)C1C(=O)OCc1cccc(Oc2ccccc2C#N)c1. The van der Waals surface area contributed by atoms with E-state index in [2.05, 4.69) is 6.07 Å². The van der Waals surface area contributed by atoms with E-state index in [1.54, 1.807) is 42.5 Å². The third-order valence-electron chi connectivity index (χ3n) is 4.99. The predicted octanol–water partition coefficient (Wildman–Crippen LogP) is 5.98. The number of benzene rings is 2. The second kappa shape index (κ2) is 8.26. The van der Waals surface area contributed by atoms with E-state index in [-0.39, 0.29) is 34.3 Å². The maximum absolute atomic E-state index is 12.4. The van der Waals surface area contributed by atoms with Crippen molar-refractivity contribution in [2.75, 3.05) is 0 Å². The number of ether oxygens (including phenoxy) is 2. The van der Waals surface area contributed by atoms with Gasteiger partial charge in [0.1, 0.15) is 28.7 Å². The molecule has 1 aliphatic rings. The lowest BCUT2D eigenvalue weighted by molar-refractivity contribution is -0.147. The summed E-state index contributed by atoms with van der Waals surface area (Å²) in [7, 11) is 0. The average molecular weight is 416 g/mol. The van der Waals surface area contributed by atoms with Crippen LogP contribution in [-0.4, -0.2) is 5.97 Å². The molecular weight excluding hydrogens is 397 g/mol. The van der Waals surface area contributed by atoms with Gasteiger partial charge in [0.05, 0.1) is 11.5 Å². The normalized spacial score (nSPS) is 19.2. The van der Waals surface area contributed by atoms with Crippen LogP contribution in [0.1, 0.15) is 25.0 Å². The molecule has 1 fully saturated rings. The summed E-state index contributed by atoms with van der Waals surface area (Å²) in [6.45, 7) is 4.10. The quantitative estimate of drug-likeness (QED) is 0.543. The Balaban J connectivity index is 1.63. The number of esters is 1. The summed E-state index contributed by atoms with van der Waals surface area (Å²) < 4.78 is 11.5. The maximum Gasteiger partial charge on any atom is 0.310 e. The summed E-state index contributed by atoms with van der Waals surface area (Å²) in [5.74, 6) is 0.482. The number of hydrogen-bond donors (Lipinski definition) is 0. The van der Waals surface area contributed by atoms with Crippen molar-refractivity contribution < 1.29 is 14.3 Å². The van der Waals surface area contributed by atoms with E-state index in [1.807, 2.05) is 26.0 Å². The first kappa shape index (κ1) is 20.3. The number of allylic oxidation sites excluding steroid dienone is 1. The molecule has 1 aliphatic carbocycles. The largest absolute Gasteiger partial charge is 0.461 e. The van der Waals surface area contributed by atoms with E-state index in [0.717, 1.165) is 5.56 Å². The van der Waals surface area contributed by atoms with Crippen molar-refractivity contribution in [2.24, 2.45) is 17.3 Å². The van der Waals surface area contributed by atoms with Crippen molar-refractivity contribution in [2.45, 2.75) is 20.5 Å². The third kappa shape index (κ3) is 4.49. The van der Waals surface area contributed by atoms with E-state index < -0.39 is 0 Å². The van der Waals surface area contributed by atoms with Gasteiger partial charge in [-0.05, 0) is 47.2 Å². The Morgan fingerprint density at radius 2 is 1.96 bits per heavy atom. The molecule has 0 aliphatic heterocycles. The summed E-state index contributed by atoms with van der Waals surface area (Å²) in [4.78, 5) is 12.4. The fraction of sp³-hybridized carbons (Fsp3) is 0.273. The Bertz CT molecular complexity index is 958. The minimum absolute atomic E-state index is 0.0258. The summed E-state index contributed by atoms with van der Waals surface area (Å²) in [6.07, 6.45) is 1.69. The van der Waals surface area contributed by atoms with E-state index in [0.29, 0.717) is 17.1 Å². The minimum atomic E-state index is -0.276. The van der Waals surface area contributed by atoms with Gasteiger partial charge in [-0.2, -0.15) is 5.26 Å². The number of nitrogens with zero attached hydrogens (tertiary/aromatic N) is 1. The van der Waals surface area contributed by atoms with Gasteiger partial charge in [-0.3, -0.25) is 4.79 Å². The second-order valence-corrected chi connectivity index (χ2v) is 8.25. The standard InChI is InChI=1S/C22H19Cl2NO3/c1-22(2)17(11-19(23)24)20(22)21(26)27-13-14-6-5-8-16(10-14)28-18-9-4-3-7-15(18)12-25/h3-11,17,20H,13H2,1-2H3. The molecule has 28 heavy (non-hydrogen) atoms. The van der Waals surface area contributed by atoms with Crippen molar-refractivity contribution in [1.29, 1.82) is 5.26 Å². The first-order valence-corrected chi connectivity index (χ1v) is 9.54. The molecule has 2 aromatic carbocycles. The molecule has 6 heteroatoms. The lowest BCUT2D eigenvalue weighted by Gasteiger charge is -2.10. The van der Waals surface area contributed by atoms with E-state index in [1.165, 1.54) is 0 Å². The monoisotopic (exact) mass is 415 g/mol. The summed E-state index contributed by atoms with van der Waals surface area (Å²) in [5, 5.41) is 9.16. The lowest BCUT2D eigenvalue weighted by Crippen LogP contribution is -2.10. The van der Waals surface area contributed by atoms with Crippen LogP contribution in [0.4, 0.5) is 0 Å². The Kier molecular flexibility index (Phi) is 5.98. The van der Waals surface area contributed by atoms with Crippen LogP contribution in [0, 0.1) is 28.6 Å². The number of hydrogen-bond acceptors (Lipinski definition) is 4. The molecule has 4 nitrogen and oxygen atoms in total. The van der Waals surface area contributed by atoms with Crippen molar-refractivity contribution in [3.8, 4) is 17.6 Å². The lowest BCUT2D eigenvalue weighted by atomic mass is 10.1. The zero-order valence-electron chi connectivity index (χ0n) is 15.5. The number of para-hydroxylation sites is 1. The smallest absolute Gasteiger partial charge is 0.310 e. The highest BCUT2D eigenvalue weighted by Gasteiger charge is 2.61. The van der Waals surface area contributed by atoms with Crippen molar-refractivity contribution in [3.63, 3.8) is 0 Å². The first-order valence-electron chi connectivity index (χ1n) is 8.78. The van der Waals surface area contributed by atoms with Gasteiger partial charge < -0.3 is 9.47 Å².